The summed E-state index contributed by atoms with van der Waals surface area (Å²) in [6, 6.07) is 12.5. The predicted molar refractivity (Wildman–Crippen MR) is 106 cm³/mol. The predicted octanol–water partition coefficient (Wildman–Crippen LogP) is 2.10. The Morgan fingerprint density at radius 2 is 1.54 bits per heavy atom. The van der Waals surface area contributed by atoms with Crippen molar-refractivity contribution in [3.05, 3.63) is 65.6 Å². The van der Waals surface area contributed by atoms with Gasteiger partial charge >= 0.3 is 0 Å². The fraction of sp³-hybridized carbons (Fsp3) is 0.238. The quantitative estimate of drug-likeness (QED) is 0.774. The van der Waals surface area contributed by atoms with Crippen molar-refractivity contribution in [2.24, 2.45) is 0 Å². The molecule has 0 saturated carbocycles. The Kier molecular flexibility index (Phi) is 5.46. The highest BCUT2D eigenvalue weighted by atomic mass is 19.1. The van der Waals surface area contributed by atoms with E-state index in [1.165, 1.54) is 24.3 Å². The summed E-state index contributed by atoms with van der Waals surface area (Å²) in [4.78, 5) is 30.9. The normalized spacial score (nSPS) is 14.1. The van der Waals surface area contributed by atoms with E-state index in [0.29, 0.717) is 11.3 Å². The van der Waals surface area contributed by atoms with E-state index in [9.17, 15) is 19.1 Å². The van der Waals surface area contributed by atoms with Gasteiger partial charge in [-0.05, 0) is 42.0 Å². The van der Waals surface area contributed by atoms with E-state index in [1.54, 1.807) is 24.1 Å². The summed E-state index contributed by atoms with van der Waals surface area (Å²) in [5.74, 6) is -1.38. The number of rotatable bonds is 6. The first-order valence-electron chi connectivity index (χ1n) is 8.83. The third-order valence-corrected chi connectivity index (χ3v) is 4.63. The number of halogens is 1. The Hall–Kier alpha value is -3.19. The molecule has 0 atom stereocenters. The van der Waals surface area contributed by atoms with Crippen molar-refractivity contribution in [1.82, 2.24) is 4.90 Å². The van der Waals surface area contributed by atoms with Gasteiger partial charge in [-0.15, -0.1) is 0 Å². The SMILES string of the molecule is CN(CCO)C1=C(c2ccc(F)cc2)C(=O)N(c2ccc(N(C)C)cc2)C1=O. The molecule has 0 fully saturated rings. The van der Waals surface area contributed by atoms with Crippen LogP contribution in [-0.4, -0.2) is 56.1 Å². The third-order valence-electron chi connectivity index (χ3n) is 4.63. The van der Waals surface area contributed by atoms with Crippen molar-refractivity contribution in [2.75, 3.05) is 44.1 Å². The van der Waals surface area contributed by atoms with Crippen LogP contribution in [0.4, 0.5) is 15.8 Å². The van der Waals surface area contributed by atoms with Gasteiger partial charge in [-0.2, -0.15) is 0 Å². The van der Waals surface area contributed by atoms with Crippen molar-refractivity contribution >= 4 is 28.8 Å². The number of hydrogen-bond acceptors (Lipinski definition) is 5. The second-order valence-corrected chi connectivity index (χ2v) is 6.73. The van der Waals surface area contributed by atoms with E-state index in [4.69, 9.17) is 0 Å². The number of aliphatic hydroxyl groups excluding tert-OH is 1. The highest BCUT2D eigenvalue weighted by Crippen LogP contribution is 2.34. The van der Waals surface area contributed by atoms with Crippen LogP contribution in [0.5, 0.6) is 0 Å². The monoisotopic (exact) mass is 383 g/mol. The zero-order valence-corrected chi connectivity index (χ0v) is 16.0. The van der Waals surface area contributed by atoms with Crippen LogP contribution in [0.25, 0.3) is 5.57 Å². The molecule has 0 bridgehead atoms. The van der Waals surface area contributed by atoms with Gasteiger partial charge in [0.2, 0.25) is 0 Å². The molecule has 28 heavy (non-hydrogen) atoms. The summed E-state index contributed by atoms with van der Waals surface area (Å²) >= 11 is 0. The minimum atomic E-state index is -0.478. The van der Waals surface area contributed by atoms with Crippen molar-refractivity contribution in [3.8, 4) is 0 Å². The van der Waals surface area contributed by atoms with Crippen molar-refractivity contribution < 1.29 is 19.1 Å². The molecule has 6 nitrogen and oxygen atoms in total. The number of benzene rings is 2. The summed E-state index contributed by atoms with van der Waals surface area (Å²) in [6.45, 7) is 0.0160. The summed E-state index contributed by atoms with van der Waals surface area (Å²) < 4.78 is 13.3. The second-order valence-electron chi connectivity index (χ2n) is 6.73. The molecule has 0 aromatic heterocycles. The lowest BCUT2D eigenvalue weighted by Gasteiger charge is -2.21. The molecule has 1 N–H and O–H groups in total. The number of imide groups is 1. The number of carbonyl (C=O) groups excluding carboxylic acids is 2. The zero-order valence-electron chi connectivity index (χ0n) is 16.0. The molecule has 1 aliphatic heterocycles. The molecular weight excluding hydrogens is 361 g/mol. The third kappa shape index (κ3) is 3.48. The first-order chi connectivity index (χ1) is 13.3. The molecule has 1 heterocycles. The van der Waals surface area contributed by atoms with Gasteiger partial charge < -0.3 is 14.9 Å². The Labute approximate surface area is 163 Å². The molecule has 0 radical (unpaired) electrons. The first-order valence-corrected chi connectivity index (χ1v) is 8.83. The lowest BCUT2D eigenvalue weighted by atomic mass is 10.0. The highest BCUT2D eigenvalue weighted by Gasteiger charge is 2.41. The number of likely N-dealkylation sites (N-methyl/N-ethyl adjacent to an activating group) is 1. The van der Waals surface area contributed by atoms with Crippen LogP contribution in [0.2, 0.25) is 0 Å². The van der Waals surface area contributed by atoms with E-state index in [2.05, 4.69) is 0 Å². The lowest BCUT2D eigenvalue weighted by Crippen LogP contribution is -2.34. The van der Waals surface area contributed by atoms with Crippen LogP contribution in [0.3, 0.4) is 0 Å². The van der Waals surface area contributed by atoms with Crippen LogP contribution < -0.4 is 9.80 Å². The second kappa shape index (κ2) is 7.82. The van der Waals surface area contributed by atoms with Crippen molar-refractivity contribution in [2.45, 2.75) is 0 Å². The van der Waals surface area contributed by atoms with Gasteiger partial charge in [0.15, 0.2) is 0 Å². The summed E-state index contributed by atoms with van der Waals surface area (Å²) in [5, 5.41) is 9.28. The number of amides is 2. The van der Waals surface area contributed by atoms with E-state index >= 15 is 0 Å². The molecule has 0 aliphatic carbocycles. The molecule has 2 aromatic rings. The fourth-order valence-corrected chi connectivity index (χ4v) is 3.15. The molecule has 2 amide bonds. The number of anilines is 2. The van der Waals surface area contributed by atoms with Crippen LogP contribution in [0.1, 0.15) is 5.56 Å². The van der Waals surface area contributed by atoms with Crippen molar-refractivity contribution in [1.29, 1.82) is 0 Å². The highest BCUT2D eigenvalue weighted by molar-refractivity contribution is 6.45. The summed E-state index contributed by atoms with van der Waals surface area (Å²) in [6.07, 6.45) is 0. The molecular formula is C21H22FN3O3. The maximum atomic E-state index is 13.3. The maximum Gasteiger partial charge on any atom is 0.282 e. The minimum absolute atomic E-state index is 0.171. The smallest absolute Gasteiger partial charge is 0.282 e. The molecule has 0 saturated heterocycles. The Morgan fingerprint density at radius 1 is 0.929 bits per heavy atom. The standard InChI is InChI=1S/C21H22FN3O3/c1-23(2)16-8-10-17(11-9-16)25-20(27)18(14-4-6-15(22)7-5-14)19(21(25)28)24(3)12-13-26/h4-11,26H,12-13H2,1-3H3. The Bertz CT molecular complexity index is 921. The van der Waals surface area contributed by atoms with Crippen LogP contribution in [0, 0.1) is 5.82 Å². The molecule has 2 aromatic carbocycles. The largest absolute Gasteiger partial charge is 0.395 e. The maximum absolute atomic E-state index is 13.3. The van der Waals surface area contributed by atoms with Crippen molar-refractivity contribution in [3.63, 3.8) is 0 Å². The number of hydrogen-bond donors (Lipinski definition) is 1. The fourth-order valence-electron chi connectivity index (χ4n) is 3.15. The van der Waals surface area contributed by atoms with Gasteiger partial charge in [-0.3, -0.25) is 9.59 Å². The van der Waals surface area contributed by atoms with Gasteiger partial charge in [0.05, 0.1) is 17.9 Å². The van der Waals surface area contributed by atoms with E-state index in [0.717, 1.165) is 10.6 Å². The first kappa shape index (κ1) is 19.6. The average molecular weight is 383 g/mol. The Morgan fingerprint density at radius 3 is 2.07 bits per heavy atom. The van der Waals surface area contributed by atoms with E-state index < -0.39 is 17.6 Å². The molecule has 7 heteroatoms. The number of aliphatic hydroxyl groups is 1. The average Bonchev–Trinajstić information content (AvgIpc) is 2.93. The lowest BCUT2D eigenvalue weighted by molar-refractivity contribution is -0.120. The number of carbonyl (C=O) groups is 2. The van der Waals surface area contributed by atoms with Gasteiger partial charge in [0, 0.05) is 33.4 Å². The zero-order chi connectivity index (χ0) is 20.4. The molecule has 1 aliphatic rings. The Balaban J connectivity index is 2.07. The van der Waals surface area contributed by atoms with Crippen LogP contribution >= 0.6 is 0 Å². The summed E-state index contributed by atoms with van der Waals surface area (Å²) in [5.41, 5.74) is 2.21. The molecule has 146 valence electrons. The number of nitrogens with zero attached hydrogens (tertiary/aromatic N) is 3. The van der Waals surface area contributed by atoms with Crippen LogP contribution in [-0.2, 0) is 9.59 Å². The molecule has 0 spiro atoms. The van der Waals surface area contributed by atoms with Gasteiger partial charge in [-0.1, -0.05) is 12.1 Å². The molecule has 0 unspecified atom stereocenters. The molecule has 3 rings (SSSR count). The van der Waals surface area contributed by atoms with E-state index in [1.807, 2.05) is 31.1 Å². The van der Waals surface area contributed by atoms with Gasteiger partial charge in [0.1, 0.15) is 11.5 Å². The van der Waals surface area contributed by atoms with Gasteiger partial charge in [0.25, 0.3) is 11.8 Å². The topological polar surface area (TPSA) is 64.1 Å². The minimum Gasteiger partial charge on any atom is -0.395 e. The van der Waals surface area contributed by atoms with E-state index in [-0.39, 0.29) is 24.4 Å². The van der Waals surface area contributed by atoms with Crippen LogP contribution in [0.15, 0.2) is 54.2 Å². The van der Waals surface area contributed by atoms with Gasteiger partial charge in [-0.25, -0.2) is 9.29 Å². The summed E-state index contributed by atoms with van der Waals surface area (Å²) in [7, 11) is 5.44.